The van der Waals surface area contributed by atoms with Crippen molar-refractivity contribution in [3.8, 4) is 0 Å². The minimum absolute atomic E-state index is 0.0931. The molecule has 0 radical (unpaired) electrons. The molecule has 0 fully saturated rings. The summed E-state index contributed by atoms with van der Waals surface area (Å²) in [4.78, 5) is 15.0. The third-order valence-electron chi connectivity index (χ3n) is 2.98. The lowest BCUT2D eigenvalue weighted by atomic mass is 10.2. The largest absolute Gasteiger partial charge is 0.350 e. The van der Waals surface area contributed by atoms with Crippen molar-refractivity contribution in [2.24, 2.45) is 5.84 Å². The predicted molar refractivity (Wildman–Crippen MR) is 83.8 cm³/mol. The number of hydrogen-bond donors (Lipinski definition) is 3. The lowest BCUT2D eigenvalue weighted by molar-refractivity contribution is -0.383. The van der Waals surface area contributed by atoms with E-state index in [1.54, 1.807) is 23.7 Å². The molecule has 0 bridgehead atoms. The van der Waals surface area contributed by atoms with Crippen LogP contribution in [0.1, 0.15) is 0 Å². The molecule has 0 spiro atoms. The first-order valence-corrected chi connectivity index (χ1v) is 6.91. The summed E-state index contributed by atoms with van der Waals surface area (Å²) in [7, 11) is 0. The fourth-order valence-corrected chi connectivity index (χ4v) is 2.76. The first-order chi connectivity index (χ1) is 10.2. The molecule has 0 aliphatic heterocycles. The monoisotopic (exact) mass is 301 g/mol. The summed E-state index contributed by atoms with van der Waals surface area (Å²) in [5, 5.41) is 14.3. The highest BCUT2D eigenvalue weighted by molar-refractivity contribution is 7.16. The number of benzene rings is 2. The number of hydrogen-bond acceptors (Lipinski definition) is 7. The molecular formula is C13H11N5O2S. The van der Waals surface area contributed by atoms with Crippen LogP contribution in [-0.2, 0) is 0 Å². The van der Waals surface area contributed by atoms with E-state index >= 15 is 0 Å². The van der Waals surface area contributed by atoms with Crippen LogP contribution in [0.4, 0.5) is 22.7 Å². The zero-order valence-corrected chi connectivity index (χ0v) is 11.6. The van der Waals surface area contributed by atoms with Crippen molar-refractivity contribution in [2.75, 3.05) is 10.7 Å². The molecule has 0 unspecified atom stereocenters. The van der Waals surface area contributed by atoms with E-state index < -0.39 is 4.92 Å². The summed E-state index contributed by atoms with van der Waals surface area (Å²) in [5.41, 5.74) is 6.29. The average molecular weight is 301 g/mol. The molecule has 21 heavy (non-hydrogen) atoms. The molecule has 4 N–H and O–H groups in total. The predicted octanol–water partition coefficient (Wildman–Crippen LogP) is 3.23. The smallest absolute Gasteiger partial charge is 0.316 e. The second kappa shape index (κ2) is 5.35. The molecule has 0 saturated heterocycles. The SMILES string of the molecule is NNc1cccc(Nc2ccc3ncsc3c2)c1[N+](=O)[O-]. The van der Waals surface area contributed by atoms with E-state index in [-0.39, 0.29) is 11.4 Å². The Labute approximate surface area is 123 Å². The number of hydrazine groups is 1. The van der Waals surface area contributed by atoms with Gasteiger partial charge in [0.05, 0.1) is 20.7 Å². The van der Waals surface area contributed by atoms with Crippen LogP contribution in [0.3, 0.4) is 0 Å². The first kappa shape index (κ1) is 13.3. The number of thiazole rings is 1. The molecular weight excluding hydrogens is 290 g/mol. The maximum absolute atomic E-state index is 11.2. The lowest BCUT2D eigenvalue weighted by Crippen LogP contribution is -2.10. The molecule has 0 amide bonds. The highest BCUT2D eigenvalue weighted by atomic mass is 32.1. The molecule has 1 heterocycles. The number of fused-ring (bicyclic) bond motifs is 1. The second-order valence-electron chi connectivity index (χ2n) is 4.26. The van der Waals surface area contributed by atoms with Crippen molar-refractivity contribution in [3.63, 3.8) is 0 Å². The van der Waals surface area contributed by atoms with E-state index in [9.17, 15) is 10.1 Å². The Bertz CT molecular complexity index is 817. The van der Waals surface area contributed by atoms with Crippen LogP contribution in [0, 0.1) is 10.1 Å². The van der Waals surface area contributed by atoms with E-state index in [1.165, 1.54) is 11.3 Å². The summed E-state index contributed by atoms with van der Waals surface area (Å²) >= 11 is 1.51. The van der Waals surface area contributed by atoms with Crippen LogP contribution >= 0.6 is 11.3 Å². The van der Waals surface area contributed by atoms with Gasteiger partial charge in [0.1, 0.15) is 11.4 Å². The standard InChI is InChI=1S/C13H11N5O2S/c14-17-11-3-1-2-10(13(11)18(19)20)16-8-4-5-9-12(6-8)21-7-15-9/h1-7,16-17H,14H2. The van der Waals surface area contributed by atoms with Gasteiger partial charge in [-0.15, -0.1) is 11.3 Å². The van der Waals surface area contributed by atoms with Gasteiger partial charge in [-0.25, -0.2) is 4.98 Å². The fourth-order valence-electron chi connectivity index (χ4n) is 2.05. The molecule has 3 aromatic rings. The number of nitrogens with zero attached hydrogens (tertiary/aromatic N) is 2. The van der Waals surface area contributed by atoms with Crippen LogP contribution in [0.25, 0.3) is 10.2 Å². The molecule has 0 aliphatic carbocycles. The number of rotatable bonds is 4. The number of anilines is 3. The van der Waals surface area contributed by atoms with Crippen LogP contribution in [0.5, 0.6) is 0 Å². The van der Waals surface area contributed by atoms with E-state index in [0.29, 0.717) is 5.69 Å². The zero-order valence-electron chi connectivity index (χ0n) is 10.7. The normalized spacial score (nSPS) is 10.5. The van der Waals surface area contributed by atoms with Crippen molar-refractivity contribution in [3.05, 3.63) is 52.0 Å². The lowest BCUT2D eigenvalue weighted by Gasteiger charge is -2.09. The van der Waals surface area contributed by atoms with Crippen LogP contribution < -0.4 is 16.6 Å². The topological polar surface area (TPSA) is 106 Å². The van der Waals surface area contributed by atoms with Crippen LogP contribution in [0.15, 0.2) is 41.9 Å². The van der Waals surface area contributed by atoms with Gasteiger partial charge >= 0.3 is 5.69 Å². The van der Waals surface area contributed by atoms with E-state index in [4.69, 9.17) is 5.84 Å². The minimum atomic E-state index is -0.469. The number of aromatic nitrogens is 1. The molecule has 1 aromatic heterocycles. The number of nitro benzene ring substituents is 1. The number of nitrogen functional groups attached to an aromatic ring is 1. The maximum atomic E-state index is 11.2. The van der Waals surface area contributed by atoms with Crippen LogP contribution in [0.2, 0.25) is 0 Å². The summed E-state index contributed by atoms with van der Waals surface area (Å²) in [6, 6.07) is 10.5. The van der Waals surface area contributed by atoms with Crippen molar-refractivity contribution in [1.29, 1.82) is 0 Å². The summed E-state index contributed by atoms with van der Waals surface area (Å²) in [6.45, 7) is 0. The Kier molecular flexibility index (Phi) is 3.38. The second-order valence-corrected chi connectivity index (χ2v) is 5.15. The van der Waals surface area contributed by atoms with Crippen LogP contribution in [-0.4, -0.2) is 9.91 Å². The number of para-hydroxylation sites is 1. The molecule has 0 atom stereocenters. The van der Waals surface area contributed by atoms with Crippen molar-refractivity contribution < 1.29 is 4.92 Å². The molecule has 106 valence electrons. The summed E-state index contributed by atoms with van der Waals surface area (Å²) in [6.07, 6.45) is 0. The molecule has 2 aromatic carbocycles. The molecule has 8 heteroatoms. The Balaban J connectivity index is 2.02. The average Bonchev–Trinajstić information content (AvgIpc) is 2.94. The first-order valence-electron chi connectivity index (χ1n) is 6.03. The Hall–Kier alpha value is -2.71. The highest BCUT2D eigenvalue weighted by Gasteiger charge is 2.19. The fraction of sp³-hybridized carbons (Fsp3) is 0. The van der Waals surface area contributed by atoms with Gasteiger partial charge in [-0.2, -0.15) is 0 Å². The minimum Gasteiger partial charge on any atom is -0.350 e. The quantitative estimate of drug-likeness (QED) is 0.388. The summed E-state index contributed by atoms with van der Waals surface area (Å²) in [5.74, 6) is 5.32. The maximum Gasteiger partial charge on any atom is 0.316 e. The third-order valence-corrected chi connectivity index (χ3v) is 3.78. The van der Waals surface area contributed by atoms with Gasteiger partial charge in [0.25, 0.3) is 0 Å². The highest BCUT2D eigenvalue weighted by Crippen LogP contribution is 2.34. The number of nitrogens with one attached hydrogen (secondary N) is 2. The molecule has 0 saturated carbocycles. The van der Waals surface area contributed by atoms with Crippen molar-refractivity contribution >= 4 is 44.3 Å². The van der Waals surface area contributed by atoms with Gasteiger partial charge in [-0.05, 0) is 30.3 Å². The zero-order chi connectivity index (χ0) is 14.8. The Morgan fingerprint density at radius 2 is 2.05 bits per heavy atom. The third kappa shape index (κ3) is 2.49. The van der Waals surface area contributed by atoms with Gasteiger partial charge in [0, 0.05) is 5.69 Å². The van der Waals surface area contributed by atoms with Gasteiger partial charge < -0.3 is 10.7 Å². The van der Waals surface area contributed by atoms with Gasteiger partial charge in [-0.1, -0.05) is 6.07 Å². The summed E-state index contributed by atoms with van der Waals surface area (Å²) < 4.78 is 1.01. The Morgan fingerprint density at radius 3 is 2.81 bits per heavy atom. The van der Waals surface area contributed by atoms with Crippen molar-refractivity contribution in [1.82, 2.24) is 4.98 Å². The number of nitro groups is 1. The van der Waals surface area contributed by atoms with E-state index in [2.05, 4.69) is 15.7 Å². The van der Waals surface area contributed by atoms with Gasteiger partial charge in [0.15, 0.2) is 0 Å². The Morgan fingerprint density at radius 1 is 1.24 bits per heavy atom. The molecule has 3 rings (SSSR count). The van der Waals surface area contributed by atoms with Gasteiger partial charge in [-0.3, -0.25) is 16.0 Å². The van der Waals surface area contributed by atoms with Gasteiger partial charge in [0.2, 0.25) is 0 Å². The van der Waals surface area contributed by atoms with Crippen molar-refractivity contribution in [2.45, 2.75) is 0 Å². The van der Waals surface area contributed by atoms with E-state index in [0.717, 1.165) is 15.9 Å². The molecule has 0 aliphatic rings. The van der Waals surface area contributed by atoms with E-state index in [1.807, 2.05) is 18.2 Å². The molecule has 7 nitrogen and oxygen atoms in total. The number of nitrogens with two attached hydrogens (primary N) is 1.